The number of nitrogens with zero attached hydrogens (tertiary/aromatic N) is 4. The van der Waals surface area contributed by atoms with Crippen molar-refractivity contribution >= 4 is 44.3 Å². The van der Waals surface area contributed by atoms with Crippen molar-refractivity contribution in [2.75, 3.05) is 32.9 Å². The van der Waals surface area contributed by atoms with Crippen molar-refractivity contribution in [3.63, 3.8) is 0 Å². The third kappa shape index (κ3) is 17.7. The number of carbonyl (C=O) groups excluding carboxylic acids is 3. The van der Waals surface area contributed by atoms with Gasteiger partial charge in [0.05, 0.1) is 19.4 Å². The van der Waals surface area contributed by atoms with Crippen LogP contribution in [0.2, 0.25) is 0 Å². The van der Waals surface area contributed by atoms with E-state index in [2.05, 4.69) is 41.1 Å². The number of alkyl halides is 2. The van der Waals surface area contributed by atoms with E-state index < -0.39 is 42.4 Å². The number of anilines is 1. The maximum Gasteiger partial charge on any atom is 0.408 e. The number of halogens is 2. The van der Waals surface area contributed by atoms with E-state index in [0.717, 1.165) is 16.7 Å². The lowest BCUT2D eigenvalue weighted by atomic mass is 9.96. The zero-order valence-corrected chi connectivity index (χ0v) is 42.0. The summed E-state index contributed by atoms with van der Waals surface area (Å²) in [7, 11) is 7.24. The van der Waals surface area contributed by atoms with E-state index in [0.29, 0.717) is 34.0 Å². The molecule has 2 aromatic carbocycles. The van der Waals surface area contributed by atoms with Gasteiger partial charge in [0.25, 0.3) is 5.92 Å². The van der Waals surface area contributed by atoms with Crippen LogP contribution in [0.3, 0.4) is 0 Å². The van der Waals surface area contributed by atoms with Gasteiger partial charge in [-0.15, -0.1) is 19.4 Å². The first kappa shape index (κ1) is 56.1. The topological polar surface area (TPSA) is 145 Å². The molecule has 65 heavy (non-hydrogen) atoms. The summed E-state index contributed by atoms with van der Waals surface area (Å²) in [5.41, 5.74) is 3.66. The molecule has 2 aliphatic carbocycles. The van der Waals surface area contributed by atoms with Gasteiger partial charge in [-0.2, -0.15) is 0 Å². The number of hydrogen-bond donors (Lipinski definition) is 1. The van der Waals surface area contributed by atoms with Crippen molar-refractivity contribution in [3.8, 4) is 11.5 Å². The Morgan fingerprint density at radius 3 is 2.20 bits per heavy atom. The summed E-state index contributed by atoms with van der Waals surface area (Å²) in [4.78, 5) is 45.9. The number of aromatic nitrogens is 2. The average Bonchev–Trinajstić information content (AvgIpc) is 4.02. The van der Waals surface area contributed by atoms with Crippen molar-refractivity contribution in [1.29, 1.82) is 0 Å². The molecule has 0 saturated carbocycles. The van der Waals surface area contributed by atoms with E-state index in [9.17, 15) is 14.4 Å². The standard InChI is InChI=1S/C45H54F2N5O6.C2H6O.C2H6.CH5P.H2/c1-11-35(49-42(55)58-44(7,8)9)40(54)52(26-29-13-17-31(18-14-29)28(3)48-41(56-10)43(4,5)6)36-23-33(16-12-27(36)2)38-50-51-39(57-38)34-19-15-30(24-45(46,47)25-34)22-37(53)32-20-21-32;1-3-2;2*1-2;/h12-18,20-21,23,34-35H,3,11,19,22,24-26H2,1-2,4-10H3,(H,49,55);1-2H3;1-2H3;2H2,1H3;1H/t34?,35-;;;;/m0..../s1. The molecule has 3 atom stereocenters. The number of aliphatic imine (C=N–C) groups is 1. The number of hydrogen-bond acceptors (Lipinski definition) is 10. The van der Waals surface area contributed by atoms with Crippen molar-refractivity contribution in [2.24, 2.45) is 10.4 Å². The molecule has 0 fully saturated rings. The van der Waals surface area contributed by atoms with Crippen LogP contribution in [-0.2, 0) is 30.3 Å². The summed E-state index contributed by atoms with van der Waals surface area (Å²) in [5.74, 6) is -3.68. The van der Waals surface area contributed by atoms with Gasteiger partial charge in [-0.1, -0.05) is 103 Å². The Kier molecular flexibility index (Phi) is 22.1. The molecule has 0 saturated heterocycles. The van der Waals surface area contributed by atoms with Gasteiger partial charge >= 0.3 is 6.09 Å². The molecule has 2 aliphatic rings. The Bertz CT molecular complexity index is 2160. The van der Waals surface area contributed by atoms with E-state index in [1.807, 2.05) is 78.5 Å². The van der Waals surface area contributed by atoms with Crippen LogP contribution in [0.15, 0.2) is 81.8 Å². The monoisotopic (exact) mass is 925 g/mol. The number of ketones is 1. The first-order valence-corrected chi connectivity index (χ1v) is 23.0. The van der Waals surface area contributed by atoms with Crippen molar-refractivity contribution in [1.82, 2.24) is 15.5 Å². The zero-order chi connectivity index (χ0) is 49.3. The Hall–Kier alpha value is -5.07. The summed E-state index contributed by atoms with van der Waals surface area (Å²) in [6, 6.07) is 11.9. The first-order valence-electron chi connectivity index (χ1n) is 21.9. The smallest absolute Gasteiger partial charge is 0.408 e. The van der Waals surface area contributed by atoms with E-state index in [4.69, 9.17) is 13.9 Å². The molecule has 1 heterocycles. The second kappa shape index (κ2) is 25.6. The van der Waals surface area contributed by atoms with Crippen LogP contribution in [0.25, 0.3) is 17.2 Å². The van der Waals surface area contributed by atoms with Gasteiger partial charge in [-0.05, 0) is 74.9 Å². The third-order valence-electron chi connectivity index (χ3n) is 9.66. The molecular weight excluding hydrogens is 852 g/mol. The maximum atomic E-state index is 15.2. The summed E-state index contributed by atoms with van der Waals surface area (Å²) in [5, 5.41) is 11.2. The molecule has 2 unspecified atom stereocenters. The van der Waals surface area contributed by atoms with E-state index in [1.165, 1.54) is 0 Å². The Morgan fingerprint density at radius 2 is 1.66 bits per heavy atom. The van der Waals surface area contributed by atoms with Gasteiger partial charge in [-0.3, -0.25) is 9.59 Å². The molecule has 1 radical (unpaired) electrons. The molecule has 359 valence electrons. The molecule has 0 bridgehead atoms. The van der Waals surface area contributed by atoms with Crippen molar-refractivity contribution in [2.45, 2.75) is 131 Å². The number of amides is 2. The number of aryl methyl sites for hydroxylation is 1. The van der Waals surface area contributed by atoms with Crippen LogP contribution in [0, 0.1) is 18.8 Å². The average molecular weight is 925 g/mol. The maximum absolute atomic E-state index is 15.2. The summed E-state index contributed by atoms with van der Waals surface area (Å²) >= 11 is 0. The van der Waals surface area contributed by atoms with Crippen molar-refractivity contribution < 1.29 is 43.2 Å². The molecule has 0 spiro atoms. The van der Waals surface area contributed by atoms with Crippen LogP contribution in [0.1, 0.15) is 124 Å². The second-order valence-corrected chi connectivity index (χ2v) is 17.3. The number of carbonyl (C=O) groups is 3. The fraction of sp³-hybridized carbons (Fsp3) is 0.500. The minimum absolute atomic E-state index is 0. The highest BCUT2D eigenvalue weighted by molar-refractivity contribution is 7.15. The highest BCUT2D eigenvalue weighted by Gasteiger charge is 2.39. The minimum atomic E-state index is -3.07. The molecule has 5 rings (SSSR count). The largest absolute Gasteiger partial charge is 0.484 e. The first-order chi connectivity index (χ1) is 30.6. The number of methoxy groups -OCH3 is 2. The minimum Gasteiger partial charge on any atom is -0.484 e. The lowest BCUT2D eigenvalue weighted by Crippen LogP contribution is -2.49. The number of alkyl carbamates (subject to hydrolysis) is 1. The molecule has 1 N–H and O–H groups in total. The molecule has 1 aromatic heterocycles. The van der Waals surface area contributed by atoms with Gasteiger partial charge in [0.1, 0.15) is 11.6 Å². The number of ether oxygens (including phenoxy) is 3. The van der Waals surface area contributed by atoms with Gasteiger partial charge in [0.2, 0.25) is 17.7 Å². The number of Topliss-reactive ketones (excluding diaryl/α,β-unsaturated/α-hetero) is 1. The van der Waals surface area contributed by atoms with Gasteiger partial charge in [0.15, 0.2) is 11.7 Å². The number of nitrogens with one attached hydrogen (secondary N) is 1. The van der Waals surface area contributed by atoms with Crippen molar-refractivity contribution in [3.05, 3.63) is 101 Å². The Labute approximate surface area is 389 Å². The zero-order valence-electron chi connectivity index (χ0n) is 40.9. The Morgan fingerprint density at radius 1 is 1.05 bits per heavy atom. The normalized spacial score (nSPS) is 15.9. The summed E-state index contributed by atoms with van der Waals surface area (Å²) in [6.45, 7) is 25.0. The van der Waals surface area contributed by atoms with Crippen LogP contribution < -0.4 is 10.2 Å². The van der Waals surface area contributed by atoms with Crippen LogP contribution in [0.4, 0.5) is 19.3 Å². The predicted octanol–water partition coefficient (Wildman–Crippen LogP) is 11.9. The third-order valence-corrected chi connectivity index (χ3v) is 9.66. The lowest BCUT2D eigenvalue weighted by Gasteiger charge is -2.30. The highest BCUT2D eigenvalue weighted by Crippen LogP contribution is 2.42. The Balaban J connectivity index is 0.00000258. The second-order valence-electron chi connectivity index (χ2n) is 17.3. The summed E-state index contributed by atoms with van der Waals surface area (Å²) < 4.78 is 51.6. The highest BCUT2D eigenvalue weighted by atomic mass is 31.0. The number of allylic oxidation sites excluding steroid dienone is 4. The predicted molar refractivity (Wildman–Crippen MR) is 262 cm³/mol. The van der Waals surface area contributed by atoms with Gasteiger partial charge in [0, 0.05) is 63.9 Å². The fourth-order valence-electron chi connectivity index (χ4n) is 6.59. The number of benzene rings is 2. The molecule has 12 nitrogen and oxygen atoms in total. The molecule has 15 heteroatoms. The molecule has 2 amide bonds. The van der Waals surface area contributed by atoms with Gasteiger partial charge in [-0.25, -0.2) is 18.6 Å². The lowest BCUT2D eigenvalue weighted by molar-refractivity contribution is -0.121. The molecule has 0 aliphatic heterocycles. The van der Waals surface area contributed by atoms with E-state index >= 15 is 8.78 Å². The van der Waals surface area contributed by atoms with Crippen LogP contribution in [-0.4, -0.2) is 79.4 Å². The summed E-state index contributed by atoms with van der Waals surface area (Å²) in [6.07, 6.45) is 3.75. The van der Waals surface area contributed by atoms with Crippen LogP contribution >= 0.6 is 9.24 Å². The molecular formula is C50H73F2N5O7P. The molecule has 3 aromatic rings. The fourth-order valence-corrected chi connectivity index (χ4v) is 6.59. The van der Waals surface area contributed by atoms with Gasteiger partial charge < -0.3 is 28.8 Å². The number of rotatable bonds is 13. The van der Waals surface area contributed by atoms with Crippen LogP contribution in [0.5, 0.6) is 0 Å². The van der Waals surface area contributed by atoms with E-state index in [-0.39, 0.29) is 56.1 Å². The quantitative estimate of drug-likeness (QED) is 0.0766. The van der Waals surface area contributed by atoms with E-state index in [1.54, 1.807) is 84.6 Å². The SMILES string of the molecule is C=C(N=C(OC)C(C)(C)C)c1ccc(CN(C(=O)[C@H](CC)NC(=O)OC(C)(C)C)c2cc(-c3nnc(C4CC=C(CC(=O)C5=C[CH]5)CC(F)(F)C4)o3)ccc2C)cc1.CC.COC.CP.[HH].